The van der Waals surface area contributed by atoms with Crippen LogP contribution in [0.4, 0.5) is 0 Å². The van der Waals surface area contributed by atoms with Gasteiger partial charge in [-0.2, -0.15) is 5.10 Å². The third-order valence-corrected chi connectivity index (χ3v) is 3.88. The molecule has 4 aromatic rings. The van der Waals surface area contributed by atoms with Gasteiger partial charge in [0.15, 0.2) is 5.65 Å². The van der Waals surface area contributed by atoms with Crippen molar-refractivity contribution in [3.8, 4) is 17.1 Å². The molecule has 8 nitrogen and oxygen atoms in total. The fourth-order valence-corrected chi connectivity index (χ4v) is 2.78. The Morgan fingerprint density at radius 1 is 1.30 bits per heavy atom. The van der Waals surface area contributed by atoms with Crippen molar-refractivity contribution in [3.05, 3.63) is 33.8 Å². The van der Waals surface area contributed by atoms with E-state index in [2.05, 4.69) is 25.0 Å². The predicted molar refractivity (Wildman–Crippen MR) is 85.8 cm³/mol. The van der Waals surface area contributed by atoms with Crippen molar-refractivity contribution in [2.75, 3.05) is 7.11 Å². The summed E-state index contributed by atoms with van der Waals surface area (Å²) in [4.78, 5) is 26.7. The molecule has 0 atom stereocenters. The lowest BCUT2D eigenvalue weighted by atomic mass is 10.2. The quantitative estimate of drug-likeness (QED) is 0.584. The van der Waals surface area contributed by atoms with Crippen molar-refractivity contribution in [2.24, 2.45) is 7.05 Å². The van der Waals surface area contributed by atoms with Crippen LogP contribution in [0, 0.1) is 0 Å². The molecule has 0 amide bonds. The first-order valence-electron chi connectivity index (χ1n) is 6.72. The van der Waals surface area contributed by atoms with Crippen molar-refractivity contribution in [1.82, 2.24) is 29.7 Å². The molecule has 4 aromatic heterocycles. The van der Waals surface area contributed by atoms with E-state index in [1.807, 2.05) is 0 Å². The number of imidazole rings is 1. The summed E-state index contributed by atoms with van der Waals surface area (Å²) in [5.74, 6) is 0.924. The van der Waals surface area contributed by atoms with Crippen LogP contribution in [-0.2, 0) is 7.05 Å². The van der Waals surface area contributed by atoms with Crippen LogP contribution in [0.1, 0.15) is 0 Å². The Kier molecular flexibility index (Phi) is 2.88. The van der Waals surface area contributed by atoms with Crippen LogP contribution in [0.2, 0.25) is 5.02 Å². The third-order valence-electron chi connectivity index (χ3n) is 3.52. The minimum Gasteiger partial charge on any atom is -0.495 e. The van der Waals surface area contributed by atoms with E-state index in [1.165, 1.54) is 0 Å². The van der Waals surface area contributed by atoms with Crippen LogP contribution in [0.25, 0.3) is 33.6 Å². The van der Waals surface area contributed by atoms with E-state index in [4.69, 9.17) is 16.3 Å². The zero-order valence-corrected chi connectivity index (χ0v) is 13.0. The maximum absolute atomic E-state index is 12.4. The molecule has 0 saturated heterocycles. The Hall–Kier alpha value is -2.87. The smallest absolute Gasteiger partial charge is 0.261 e. The van der Waals surface area contributed by atoms with E-state index in [9.17, 15) is 4.79 Å². The maximum Gasteiger partial charge on any atom is 0.261 e. The average Bonchev–Trinajstić information content (AvgIpc) is 3.09. The van der Waals surface area contributed by atoms with Crippen LogP contribution in [0.15, 0.2) is 23.3 Å². The molecule has 0 aliphatic rings. The Balaban J connectivity index is 1.99. The number of rotatable bonds is 2. The van der Waals surface area contributed by atoms with Crippen molar-refractivity contribution in [1.29, 1.82) is 0 Å². The zero-order chi connectivity index (χ0) is 16.1. The highest BCUT2D eigenvalue weighted by Gasteiger charge is 2.18. The molecule has 0 fully saturated rings. The van der Waals surface area contributed by atoms with E-state index in [0.29, 0.717) is 33.8 Å². The highest BCUT2D eigenvalue weighted by Crippen LogP contribution is 2.29. The van der Waals surface area contributed by atoms with Crippen LogP contribution in [0.3, 0.4) is 0 Å². The number of H-pyrrole nitrogens is 2. The summed E-state index contributed by atoms with van der Waals surface area (Å²) in [5, 5.41) is 4.50. The Morgan fingerprint density at radius 3 is 2.91 bits per heavy atom. The number of nitrogens with zero attached hydrogens (tertiary/aromatic N) is 4. The predicted octanol–water partition coefficient (Wildman–Crippen LogP) is 1.86. The molecule has 4 heterocycles. The van der Waals surface area contributed by atoms with E-state index >= 15 is 0 Å². The fraction of sp³-hybridized carbons (Fsp3) is 0.143. The van der Waals surface area contributed by atoms with Crippen molar-refractivity contribution in [3.63, 3.8) is 0 Å². The lowest BCUT2D eigenvalue weighted by Gasteiger charge is -2.00. The lowest BCUT2D eigenvalue weighted by molar-refractivity contribution is 0.413. The molecule has 0 unspecified atom stereocenters. The van der Waals surface area contributed by atoms with E-state index in [0.717, 1.165) is 0 Å². The summed E-state index contributed by atoms with van der Waals surface area (Å²) in [7, 11) is 3.31. The minimum absolute atomic E-state index is 0.231. The summed E-state index contributed by atoms with van der Waals surface area (Å²) >= 11 is 6.38. The maximum atomic E-state index is 12.4. The van der Waals surface area contributed by atoms with Gasteiger partial charge in [0.05, 0.1) is 29.4 Å². The fourth-order valence-electron chi connectivity index (χ4n) is 2.47. The second-order valence-electron chi connectivity index (χ2n) is 5.04. The van der Waals surface area contributed by atoms with Gasteiger partial charge in [0.1, 0.15) is 22.7 Å². The third kappa shape index (κ3) is 2.07. The normalized spacial score (nSPS) is 11.4. The van der Waals surface area contributed by atoms with Gasteiger partial charge in [0.2, 0.25) is 0 Å². The minimum atomic E-state index is -0.346. The summed E-state index contributed by atoms with van der Waals surface area (Å²) < 4.78 is 6.71. The molecule has 0 aliphatic heterocycles. The molecule has 116 valence electrons. The number of aromatic amines is 2. The summed E-state index contributed by atoms with van der Waals surface area (Å²) in [6.45, 7) is 0. The molecule has 0 aliphatic carbocycles. The first kappa shape index (κ1) is 13.8. The highest BCUT2D eigenvalue weighted by molar-refractivity contribution is 6.37. The van der Waals surface area contributed by atoms with Crippen LogP contribution < -0.4 is 10.3 Å². The highest BCUT2D eigenvalue weighted by atomic mass is 35.5. The summed E-state index contributed by atoms with van der Waals surface area (Å²) in [6, 6.07) is 1.75. The monoisotopic (exact) mass is 330 g/mol. The first-order chi connectivity index (χ1) is 11.1. The largest absolute Gasteiger partial charge is 0.495 e. The number of fused-ring (bicyclic) bond motifs is 2. The molecular weight excluding hydrogens is 320 g/mol. The molecule has 0 radical (unpaired) electrons. The molecule has 0 saturated carbocycles. The number of aryl methyl sites for hydroxylation is 1. The molecule has 4 rings (SSSR count). The van der Waals surface area contributed by atoms with Gasteiger partial charge in [-0.1, -0.05) is 11.6 Å². The molecular formula is C14H11ClN6O2. The van der Waals surface area contributed by atoms with Gasteiger partial charge in [0.25, 0.3) is 5.56 Å². The molecule has 0 bridgehead atoms. The van der Waals surface area contributed by atoms with E-state index < -0.39 is 0 Å². The van der Waals surface area contributed by atoms with Crippen LogP contribution >= 0.6 is 11.6 Å². The van der Waals surface area contributed by atoms with Gasteiger partial charge in [0, 0.05) is 19.3 Å². The zero-order valence-electron chi connectivity index (χ0n) is 12.2. The molecule has 0 spiro atoms. The standard InChI is InChI=1S/C14H11ClN6O2/c1-21-5-8-11(20-21)10(15)9(14(22)18-8)13-17-7-3-6(23-2)4-16-12(7)19-13/h3-5H,1-2H3,(H,18,22)(H,16,17,19). The van der Waals surface area contributed by atoms with Gasteiger partial charge in [-0.25, -0.2) is 9.97 Å². The lowest BCUT2D eigenvalue weighted by Crippen LogP contribution is -2.10. The number of nitrogens with one attached hydrogen (secondary N) is 2. The van der Waals surface area contributed by atoms with E-state index in [1.54, 1.807) is 37.3 Å². The number of methoxy groups -OCH3 is 1. The number of hydrogen-bond donors (Lipinski definition) is 2. The second-order valence-corrected chi connectivity index (χ2v) is 5.42. The summed E-state index contributed by atoms with van der Waals surface area (Å²) in [5.41, 5.74) is 2.08. The number of halogens is 1. The second kappa shape index (κ2) is 4.82. The number of pyridine rings is 2. The van der Waals surface area contributed by atoms with Gasteiger partial charge < -0.3 is 14.7 Å². The van der Waals surface area contributed by atoms with Gasteiger partial charge >= 0.3 is 0 Å². The van der Waals surface area contributed by atoms with Gasteiger partial charge in [-0.05, 0) is 0 Å². The summed E-state index contributed by atoms with van der Waals surface area (Å²) in [6.07, 6.45) is 3.25. The van der Waals surface area contributed by atoms with Crippen LogP contribution in [0.5, 0.6) is 5.75 Å². The first-order valence-corrected chi connectivity index (χ1v) is 7.10. The van der Waals surface area contributed by atoms with Crippen molar-refractivity contribution < 1.29 is 4.74 Å². The number of ether oxygens (including phenoxy) is 1. The van der Waals surface area contributed by atoms with E-state index in [-0.39, 0.29) is 16.1 Å². The Bertz CT molecular complexity index is 1110. The topological polar surface area (TPSA) is 101 Å². The average molecular weight is 331 g/mol. The van der Waals surface area contributed by atoms with Crippen LogP contribution in [-0.4, -0.2) is 36.8 Å². The van der Waals surface area contributed by atoms with Crippen molar-refractivity contribution >= 4 is 33.8 Å². The molecule has 9 heteroatoms. The Labute approximate surface area is 134 Å². The molecule has 2 N–H and O–H groups in total. The van der Waals surface area contributed by atoms with Gasteiger partial charge in [-0.15, -0.1) is 0 Å². The van der Waals surface area contributed by atoms with Crippen molar-refractivity contribution in [2.45, 2.75) is 0 Å². The molecule has 0 aromatic carbocycles. The number of aromatic nitrogens is 6. The Morgan fingerprint density at radius 2 is 2.13 bits per heavy atom. The molecule has 23 heavy (non-hydrogen) atoms. The SMILES string of the molecule is COc1cnc2nc(-c3c(Cl)c4nn(C)cc4[nH]c3=O)[nH]c2c1. The number of hydrogen-bond acceptors (Lipinski definition) is 5. The van der Waals surface area contributed by atoms with Gasteiger partial charge in [-0.3, -0.25) is 9.48 Å².